The van der Waals surface area contributed by atoms with Crippen LogP contribution in [0.4, 0.5) is 16.2 Å². The Morgan fingerprint density at radius 3 is 2.40 bits per heavy atom. The summed E-state index contributed by atoms with van der Waals surface area (Å²) in [5.74, 6) is 0.389. The summed E-state index contributed by atoms with van der Waals surface area (Å²) in [5, 5.41) is 18.5. The van der Waals surface area contributed by atoms with Crippen molar-refractivity contribution in [2.24, 2.45) is 0 Å². The van der Waals surface area contributed by atoms with Gasteiger partial charge in [-0.1, -0.05) is 11.6 Å². The molecule has 178 valence electrons. The van der Waals surface area contributed by atoms with Crippen LogP contribution < -0.4 is 25.4 Å². The van der Waals surface area contributed by atoms with E-state index >= 15 is 0 Å². The first-order valence-corrected chi connectivity index (χ1v) is 11.0. The van der Waals surface area contributed by atoms with Crippen molar-refractivity contribution >= 4 is 34.9 Å². The van der Waals surface area contributed by atoms with Gasteiger partial charge >= 0.3 is 17.6 Å². The molecule has 0 fully saturated rings. The first-order valence-electron chi connectivity index (χ1n) is 10.6. The van der Waals surface area contributed by atoms with E-state index in [0.29, 0.717) is 32.6 Å². The fourth-order valence-electron chi connectivity index (χ4n) is 3.34. The number of carbonyl (C=O) groups is 2. The van der Waals surface area contributed by atoms with Crippen molar-refractivity contribution in [3.8, 4) is 17.2 Å². The van der Waals surface area contributed by atoms with Crippen molar-refractivity contribution < 1.29 is 24.3 Å². The molecule has 9 nitrogen and oxygen atoms in total. The highest BCUT2D eigenvalue weighted by molar-refractivity contribution is 6.31. The lowest BCUT2D eigenvalue weighted by Crippen LogP contribution is -2.40. The molecule has 0 atom stereocenters. The maximum atomic E-state index is 12.7. The number of carbonyl (C=O) groups excluding carboxylic acids is 2. The number of pyridine rings is 1. The zero-order chi connectivity index (χ0) is 24.9. The normalized spacial score (nSPS) is 10.5. The minimum absolute atomic E-state index is 0.0247. The zero-order valence-corrected chi connectivity index (χ0v) is 19.7. The van der Waals surface area contributed by atoms with Crippen molar-refractivity contribution in [3.05, 3.63) is 95.5 Å². The first-order chi connectivity index (χ1) is 16.8. The quantitative estimate of drug-likeness (QED) is 0.230. The van der Waals surface area contributed by atoms with Crippen molar-refractivity contribution in [3.63, 3.8) is 0 Å². The average molecular weight is 493 g/mol. The fraction of sp³-hybridized carbons (Fsp3) is 0.0800. The molecule has 10 heteroatoms. The molecule has 0 aliphatic heterocycles. The van der Waals surface area contributed by atoms with Crippen LogP contribution in [0, 0.1) is 6.92 Å². The van der Waals surface area contributed by atoms with E-state index in [0.717, 1.165) is 11.3 Å². The molecule has 0 aliphatic rings. The molecular formula is C25H23ClN5O4+. The van der Waals surface area contributed by atoms with Crippen molar-refractivity contribution in [2.45, 2.75) is 6.92 Å². The van der Waals surface area contributed by atoms with E-state index in [1.807, 2.05) is 42.1 Å². The highest BCUT2D eigenvalue weighted by Gasteiger charge is 2.20. The van der Waals surface area contributed by atoms with E-state index in [1.54, 1.807) is 30.3 Å². The van der Waals surface area contributed by atoms with Crippen LogP contribution in [-0.4, -0.2) is 28.8 Å². The summed E-state index contributed by atoms with van der Waals surface area (Å²) in [6.45, 7) is 1.87. The minimum atomic E-state index is -0.459. The number of amides is 3. The molecule has 2 heterocycles. The number of ether oxygens (including phenoxy) is 1. The number of urea groups is 1. The summed E-state index contributed by atoms with van der Waals surface area (Å²) in [5.41, 5.74) is 2.77. The van der Waals surface area contributed by atoms with E-state index < -0.39 is 11.9 Å². The van der Waals surface area contributed by atoms with Gasteiger partial charge < -0.3 is 25.3 Å². The maximum Gasteiger partial charge on any atom is 0.325 e. The molecule has 35 heavy (non-hydrogen) atoms. The number of hydrogen-bond acceptors (Lipinski definition) is 4. The highest BCUT2D eigenvalue weighted by atomic mass is 35.5. The molecular weight excluding hydrogens is 470 g/mol. The van der Waals surface area contributed by atoms with Crippen LogP contribution in [0.2, 0.25) is 5.02 Å². The number of hydrogen-bond donors (Lipinski definition) is 4. The fourth-order valence-corrected chi connectivity index (χ4v) is 3.50. The van der Waals surface area contributed by atoms with E-state index in [1.165, 1.54) is 25.4 Å². The van der Waals surface area contributed by atoms with Gasteiger partial charge in [0.05, 0.1) is 17.4 Å². The molecule has 0 saturated heterocycles. The number of nitrogens with zero attached hydrogens (tertiary/aromatic N) is 2. The van der Waals surface area contributed by atoms with Gasteiger partial charge in [-0.05, 0) is 61.0 Å². The molecule has 2 aromatic carbocycles. The lowest BCUT2D eigenvalue weighted by molar-refractivity contribution is -0.905. The van der Waals surface area contributed by atoms with Gasteiger partial charge in [0.25, 0.3) is 0 Å². The highest BCUT2D eigenvalue weighted by Crippen LogP contribution is 2.28. The lowest BCUT2D eigenvalue weighted by Gasteiger charge is -2.15. The van der Waals surface area contributed by atoms with Crippen molar-refractivity contribution in [2.75, 3.05) is 17.7 Å². The number of anilines is 2. The van der Waals surface area contributed by atoms with E-state index in [2.05, 4.69) is 16.0 Å². The Hall–Kier alpha value is -4.50. The standard InChI is InChI=1S/C25H22ClN5O4/c1-16-13-21(22(15-20(16)26)30-10-3-4-11-30)29-25(33)28-17-5-7-18(8-6-17)35-19-9-12-31(34)23(14-19)24(32)27-2/h3-15H,1-2H3,(H3-,27,28,29,32,33,34)/p+1. The molecule has 0 radical (unpaired) electrons. The molecule has 0 aliphatic carbocycles. The van der Waals surface area contributed by atoms with Gasteiger partial charge in [0.15, 0.2) is 0 Å². The second-order valence-electron chi connectivity index (χ2n) is 7.59. The average Bonchev–Trinajstić information content (AvgIpc) is 3.38. The predicted molar refractivity (Wildman–Crippen MR) is 132 cm³/mol. The van der Waals surface area contributed by atoms with Crippen molar-refractivity contribution in [1.82, 2.24) is 9.88 Å². The number of nitrogens with one attached hydrogen (secondary N) is 3. The largest absolute Gasteiger partial charge is 0.457 e. The third-order valence-electron chi connectivity index (χ3n) is 5.12. The molecule has 0 bridgehead atoms. The van der Waals surface area contributed by atoms with Gasteiger partial charge in [-0.15, -0.1) is 0 Å². The first kappa shape index (κ1) is 23.7. The number of halogens is 1. The summed E-state index contributed by atoms with van der Waals surface area (Å²) in [4.78, 5) is 24.5. The zero-order valence-electron chi connectivity index (χ0n) is 18.9. The summed E-state index contributed by atoms with van der Waals surface area (Å²) in [6, 6.07) is 16.6. The topological polar surface area (TPSA) is 109 Å². The van der Waals surface area contributed by atoms with Gasteiger partial charge in [0.2, 0.25) is 6.20 Å². The van der Waals surface area contributed by atoms with Gasteiger partial charge in [-0.2, -0.15) is 0 Å². The lowest BCUT2D eigenvalue weighted by atomic mass is 10.2. The van der Waals surface area contributed by atoms with Crippen LogP contribution in [0.25, 0.3) is 5.69 Å². The van der Waals surface area contributed by atoms with Crippen LogP contribution in [0.5, 0.6) is 11.5 Å². The monoisotopic (exact) mass is 492 g/mol. The van der Waals surface area contributed by atoms with Gasteiger partial charge in [-0.3, -0.25) is 10.0 Å². The molecule has 0 unspecified atom stereocenters. The molecule has 4 aromatic rings. The molecule has 4 rings (SSSR count). The Morgan fingerprint density at radius 1 is 1.00 bits per heavy atom. The summed E-state index contributed by atoms with van der Waals surface area (Å²) < 4.78 is 8.33. The number of aromatic nitrogens is 2. The Bertz CT molecular complexity index is 1370. The van der Waals surface area contributed by atoms with Crippen LogP contribution in [-0.2, 0) is 0 Å². The van der Waals surface area contributed by atoms with Crippen LogP contribution in [0.15, 0.2) is 79.3 Å². The van der Waals surface area contributed by atoms with Gasteiger partial charge in [0, 0.05) is 40.9 Å². The smallest absolute Gasteiger partial charge is 0.325 e. The van der Waals surface area contributed by atoms with Gasteiger partial charge in [-0.25, -0.2) is 4.79 Å². The van der Waals surface area contributed by atoms with Crippen molar-refractivity contribution in [1.29, 1.82) is 0 Å². The molecule has 3 amide bonds. The number of rotatable bonds is 6. The molecule has 0 saturated carbocycles. The van der Waals surface area contributed by atoms with E-state index in [4.69, 9.17) is 16.3 Å². The van der Waals surface area contributed by atoms with Crippen LogP contribution in [0.3, 0.4) is 0 Å². The maximum absolute atomic E-state index is 12.7. The second-order valence-corrected chi connectivity index (χ2v) is 7.99. The van der Waals surface area contributed by atoms with Crippen LogP contribution >= 0.6 is 11.6 Å². The van der Waals surface area contributed by atoms with E-state index in [-0.39, 0.29) is 5.69 Å². The Balaban J connectivity index is 1.44. The molecule has 0 spiro atoms. The van der Waals surface area contributed by atoms with Crippen LogP contribution in [0.1, 0.15) is 16.1 Å². The third kappa shape index (κ3) is 5.53. The SMILES string of the molecule is CNC(=O)c1cc(Oc2ccc(NC(=O)Nc3cc(C)c(Cl)cc3-n3cccc3)cc2)cc[n+]1O. The summed E-state index contributed by atoms with van der Waals surface area (Å²) in [7, 11) is 1.47. The number of aryl methyl sites for hydroxylation is 1. The molecule has 4 N–H and O–H groups in total. The van der Waals surface area contributed by atoms with Gasteiger partial charge in [0.1, 0.15) is 11.5 Å². The minimum Gasteiger partial charge on any atom is -0.457 e. The molecule has 2 aromatic heterocycles. The Morgan fingerprint density at radius 2 is 1.71 bits per heavy atom. The Kier molecular flexibility index (Phi) is 6.88. The third-order valence-corrected chi connectivity index (χ3v) is 5.53. The second kappa shape index (κ2) is 10.2. The number of benzene rings is 2. The summed E-state index contributed by atoms with van der Waals surface area (Å²) in [6.07, 6.45) is 5.04. The van der Waals surface area contributed by atoms with E-state index in [9.17, 15) is 14.8 Å². The predicted octanol–water partition coefficient (Wildman–Crippen LogP) is 4.76. The Labute approximate surface area is 206 Å². The summed E-state index contributed by atoms with van der Waals surface area (Å²) >= 11 is 6.29.